The maximum Gasteiger partial charge on any atom is 0.410 e. The number of carboxylic acids is 1. The van der Waals surface area contributed by atoms with Crippen molar-refractivity contribution in [2.75, 3.05) is 13.1 Å². The summed E-state index contributed by atoms with van der Waals surface area (Å²) in [5.74, 6) is -2.29. The van der Waals surface area contributed by atoms with E-state index in [2.05, 4.69) is 0 Å². The first-order chi connectivity index (χ1) is 12.1. The highest BCUT2D eigenvalue weighted by Gasteiger charge is 2.47. The number of likely N-dealkylation sites (tertiary alicyclic amines) is 1. The lowest BCUT2D eigenvalue weighted by molar-refractivity contribution is -0.142. The largest absolute Gasteiger partial charge is 0.480 e. The number of piperidine rings is 1. The second kappa shape index (κ2) is 7.36. The van der Waals surface area contributed by atoms with E-state index in [9.17, 15) is 20.0 Å². The first-order valence-electron chi connectivity index (χ1n) is 8.76. The van der Waals surface area contributed by atoms with Gasteiger partial charge in [0.1, 0.15) is 5.60 Å². The average molecular weight is 358 g/mol. The fourth-order valence-corrected chi connectivity index (χ4v) is 3.46. The maximum atomic E-state index is 12.3. The molecule has 1 aliphatic rings. The summed E-state index contributed by atoms with van der Waals surface area (Å²) in [6.45, 7) is 8.09. The fourth-order valence-electron chi connectivity index (χ4n) is 3.46. The van der Waals surface area contributed by atoms with Gasteiger partial charge in [0.15, 0.2) is 5.92 Å². The zero-order chi connectivity index (χ0) is 19.5. The van der Waals surface area contributed by atoms with Crippen LogP contribution in [-0.4, -0.2) is 40.8 Å². The number of rotatable bonds is 3. The number of amides is 1. The Morgan fingerprint density at radius 1 is 1.23 bits per heavy atom. The minimum absolute atomic E-state index is 0.355. The number of hydrogen-bond acceptors (Lipinski definition) is 4. The molecular formula is C20H26N2O4. The van der Waals surface area contributed by atoms with Gasteiger partial charge < -0.3 is 14.7 Å². The van der Waals surface area contributed by atoms with Crippen molar-refractivity contribution in [1.29, 1.82) is 5.26 Å². The van der Waals surface area contributed by atoms with Crippen LogP contribution in [0.4, 0.5) is 4.79 Å². The lowest BCUT2D eigenvalue weighted by Gasteiger charge is -2.43. The van der Waals surface area contributed by atoms with Gasteiger partial charge in [0.2, 0.25) is 0 Å². The van der Waals surface area contributed by atoms with Gasteiger partial charge >= 0.3 is 12.1 Å². The Morgan fingerprint density at radius 2 is 1.77 bits per heavy atom. The Balaban J connectivity index is 2.29. The van der Waals surface area contributed by atoms with Gasteiger partial charge in [0.25, 0.3) is 0 Å². The zero-order valence-corrected chi connectivity index (χ0v) is 15.8. The average Bonchev–Trinajstić information content (AvgIpc) is 2.54. The highest BCUT2D eigenvalue weighted by molar-refractivity contribution is 5.76. The third-order valence-corrected chi connectivity index (χ3v) is 4.86. The number of benzene rings is 1. The lowest BCUT2D eigenvalue weighted by Crippen LogP contribution is -2.51. The minimum atomic E-state index is -1.16. The van der Waals surface area contributed by atoms with Crippen LogP contribution < -0.4 is 0 Å². The normalized spacial score (nSPS) is 17.9. The van der Waals surface area contributed by atoms with Gasteiger partial charge in [-0.1, -0.05) is 29.8 Å². The molecule has 0 bridgehead atoms. The zero-order valence-electron chi connectivity index (χ0n) is 15.8. The summed E-state index contributed by atoms with van der Waals surface area (Å²) in [6.07, 6.45) is 0.401. The third kappa shape index (κ3) is 4.16. The first-order valence-corrected chi connectivity index (χ1v) is 8.76. The van der Waals surface area contributed by atoms with Crippen molar-refractivity contribution < 1.29 is 19.4 Å². The van der Waals surface area contributed by atoms with Crippen LogP contribution in [0.1, 0.15) is 44.7 Å². The third-order valence-electron chi connectivity index (χ3n) is 4.86. The van der Waals surface area contributed by atoms with Crippen molar-refractivity contribution in [1.82, 2.24) is 4.90 Å². The van der Waals surface area contributed by atoms with Crippen molar-refractivity contribution in [3.63, 3.8) is 0 Å². The molecule has 1 unspecified atom stereocenters. The standard InChI is InChI=1S/C20H26N2O4/c1-14-5-7-15(8-6-14)20(16(13-21)17(23)24)9-11-22(12-10-20)18(25)26-19(2,3)4/h5-8,16H,9-12H2,1-4H3,(H,23,24). The molecule has 0 aromatic heterocycles. The van der Waals surface area contributed by atoms with E-state index in [0.29, 0.717) is 25.9 Å². The number of carbonyl (C=O) groups is 2. The molecule has 0 radical (unpaired) electrons. The van der Waals surface area contributed by atoms with Crippen LogP contribution in [0.15, 0.2) is 24.3 Å². The molecule has 1 N–H and O–H groups in total. The van der Waals surface area contributed by atoms with Crippen LogP contribution in [0.3, 0.4) is 0 Å². The van der Waals surface area contributed by atoms with E-state index in [-0.39, 0.29) is 0 Å². The molecule has 26 heavy (non-hydrogen) atoms. The number of aryl methyl sites for hydroxylation is 1. The fraction of sp³-hybridized carbons (Fsp3) is 0.550. The highest BCUT2D eigenvalue weighted by atomic mass is 16.6. The van der Waals surface area contributed by atoms with Gasteiger partial charge in [-0.2, -0.15) is 5.26 Å². The Bertz CT molecular complexity index is 705. The van der Waals surface area contributed by atoms with Crippen molar-refractivity contribution in [3.05, 3.63) is 35.4 Å². The summed E-state index contributed by atoms with van der Waals surface area (Å²) in [5, 5.41) is 19.1. The van der Waals surface area contributed by atoms with E-state index in [1.54, 1.807) is 4.90 Å². The number of carboxylic acid groups (broad SMARTS) is 1. The van der Waals surface area contributed by atoms with Crippen LogP contribution in [0.5, 0.6) is 0 Å². The Morgan fingerprint density at radius 3 is 2.19 bits per heavy atom. The second-order valence-corrected chi connectivity index (χ2v) is 7.89. The minimum Gasteiger partial charge on any atom is -0.480 e. The van der Waals surface area contributed by atoms with E-state index in [1.165, 1.54) is 0 Å². The van der Waals surface area contributed by atoms with Crippen LogP contribution in [0, 0.1) is 24.2 Å². The molecule has 0 aliphatic carbocycles. The molecule has 0 saturated carbocycles. The molecule has 1 aliphatic heterocycles. The molecule has 6 nitrogen and oxygen atoms in total. The predicted molar refractivity (Wildman–Crippen MR) is 96.6 cm³/mol. The first kappa shape index (κ1) is 19.8. The van der Waals surface area contributed by atoms with Gasteiger partial charge in [-0.25, -0.2) is 4.79 Å². The molecule has 0 spiro atoms. The number of nitriles is 1. The number of ether oxygens (including phenoxy) is 1. The van der Waals surface area contributed by atoms with Crippen molar-refractivity contribution >= 4 is 12.1 Å². The number of nitrogens with zero attached hydrogens (tertiary/aromatic N) is 2. The quantitative estimate of drug-likeness (QED) is 0.893. The molecule has 1 aromatic rings. The van der Waals surface area contributed by atoms with Crippen LogP contribution in [0.2, 0.25) is 0 Å². The summed E-state index contributed by atoms with van der Waals surface area (Å²) in [6, 6.07) is 9.61. The molecular weight excluding hydrogens is 332 g/mol. The smallest absolute Gasteiger partial charge is 0.410 e. The number of hydrogen-bond donors (Lipinski definition) is 1. The lowest BCUT2D eigenvalue weighted by atomic mass is 9.64. The molecule has 6 heteroatoms. The molecule has 1 heterocycles. The molecule has 140 valence electrons. The highest BCUT2D eigenvalue weighted by Crippen LogP contribution is 2.42. The molecule has 1 fully saturated rings. The van der Waals surface area contributed by atoms with Gasteiger partial charge in [-0.15, -0.1) is 0 Å². The van der Waals surface area contributed by atoms with E-state index >= 15 is 0 Å². The van der Waals surface area contributed by atoms with Crippen molar-refractivity contribution in [2.24, 2.45) is 5.92 Å². The molecule has 1 aromatic carbocycles. The predicted octanol–water partition coefficient (Wildman–Crippen LogP) is 3.49. The Labute approximate surface area is 154 Å². The van der Waals surface area contributed by atoms with Crippen LogP contribution in [-0.2, 0) is 14.9 Å². The Kier molecular flexibility index (Phi) is 5.60. The van der Waals surface area contributed by atoms with Gasteiger partial charge in [-0.05, 0) is 46.1 Å². The van der Waals surface area contributed by atoms with Crippen LogP contribution >= 0.6 is 0 Å². The number of aliphatic carboxylic acids is 1. The van der Waals surface area contributed by atoms with Crippen molar-refractivity contribution in [3.8, 4) is 6.07 Å². The van der Waals surface area contributed by atoms with E-state index < -0.39 is 29.0 Å². The summed E-state index contributed by atoms with van der Waals surface area (Å²) in [5.41, 5.74) is 0.505. The second-order valence-electron chi connectivity index (χ2n) is 7.89. The molecule has 1 saturated heterocycles. The van der Waals surface area contributed by atoms with Gasteiger partial charge in [0.05, 0.1) is 6.07 Å². The van der Waals surface area contributed by atoms with Crippen LogP contribution in [0.25, 0.3) is 0 Å². The monoisotopic (exact) mass is 358 g/mol. The molecule has 1 atom stereocenters. The van der Waals surface area contributed by atoms with Gasteiger partial charge in [-0.3, -0.25) is 4.79 Å². The van der Waals surface area contributed by atoms with E-state index in [0.717, 1.165) is 11.1 Å². The van der Waals surface area contributed by atoms with E-state index in [4.69, 9.17) is 4.74 Å². The topological polar surface area (TPSA) is 90.6 Å². The summed E-state index contributed by atoms with van der Waals surface area (Å²) >= 11 is 0. The summed E-state index contributed by atoms with van der Waals surface area (Å²) in [4.78, 5) is 25.6. The van der Waals surface area contributed by atoms with Crippen molar-refractivity contribution in [2.45, 2.75) is 51.6 Å². The SMILES string of the molecule is Cc1ccc(C2(C(C#N)C(=O)O)CCN(C(=O)OC(C)(C)C)CC2)cc1. The number of carbonyl (C=O) groups excluding carboxylic acids is 1. The van der Waals surface area contributed by atoms with E-state index in [1.807, 2.05) is 58.0 Å². The molecule has 1 amide bonds. The summed E-state index contributed by atoms with van der Waals surface area (Å²) < 4.78 is 5.41. The van der Waals surface area contributed by atoms with Gasteiger partial charge in [0, 0.05) is 18.5 Å². The molecule has 2 rings (SSSR count). The summed E-state index contributed by atoms with van der Waals surface area (Å²) in [7, 11) is 0. The Hall–Kier alpha value is -2.55. The maximum absolute atomic E-state index is 12.3.